The van der Waals surface area contributed by atoms with Crippen LogP contribution in [0.15, 0.2) is 52.4 Å². The summed E-state index contributed by atoms with van der Waals surface area (Å²) in [6.45, 7) is 0.402. The quantitative estimate of drug-likeness (QED) is 0.653. The molecule has 148 valence electrons. The summed E-state index contributed by atoms with van der Waals surface area (Å²) >= 11 is 0. The highest BCUT2D eigenvalue weighted by Crippen LogP contribution is 2.35. The van der Waals surface area contributed by atoms with Gasteiger partial charge >= 0.3 is 0 Å². The molecule has 1 unspecified atom stereocenters. The number of rotatable bonds is 5. The fraction of sp³-hybridized carbons (Fsp3) is 0.368. The van der Waals surface area contributed by atoms with E-state index in [4.69, 9.17) is 4.42 Å². The molecule has 9 heteroatoms. The Labute approximate surface area is 162 Å². The predicted octanol–water partition coefficient (Wildman–Crippen LogP) is 3.05. The average Bonchev–Trinajstić information content (AvgIpc) is 3.33. The average molecular weight is 404 g/mol. The van der Waals surface area contributed by atoms with Crippen LogP contribution < -0.4 is 0 Å². The van der Waals surface area contributed by atoms with E-state index in [0.29, 0.717) is 31.0 Å². The highest BCUT2D eigenvalue weighted by atomic mass is 32.2. The molecular formula is C19H21FN4O3S. The molecule has 28 heavy (non-hydrogen) atoms. The molecule has 1 fully saturated rings. The van der Waals surface area contributed by atoms with Gasteiger partial charge in [0.1, 0.15) is 17.6 Å². The van der Waals surface area contributed by atoms with Gasteiger partial charge in [0.25, 0.3) is 10.0 Å². The fourth-order valence-electron chi connectivity index (χ4n) is 3.44. The zero-order valence-electron chi connectivity index (χ0n) is 15.5. The maximum atomic E-state index is 13.1. The summed E-state index contributed by atoms with van der Waals surface area (Å²) in [6, 6.07) is 5.72. The van der Waals surface area contributed by atoms with Gasteiger partial charge in [-0.3, -0.25) is 0 Å². The van der Waals surface area contributed by atoms with Gasteiger partial charge in [0.15, 0.2) is 5.03 Å². The first-order chi connectivity index (χ1) is 13.4. The highest BCUT2D eigenvalue weighted by molar-refractivity contribution is 7.89. The molecule has 1 atom stereocenters. The number of hydrogen-bond donors (Lipinski definition) is 0. The van der Waals surface area contributed by atoms with Crippen LogP contribution in [0.2, 0.25) is 0 Å². The molecule has 4 rings (SSSR count). The van der Waals surface area contributed by atoms with Crippen molar-refractivity contribution in [3.05, 3.63) is 66.0 Å². The van der Waals surface area contributed by atoms with Crippen LogP contribution in [0.3, 0.4) is 0 Å². The number of aromatic nitrogens is 3. The Hall–Kier alpha value is -2.52. The van der Waals surface area contributed by atoms with E-state index in [-0.39, 0.29) is 10.8 Å². The van der Waals surface area contributed by atoms with Crippen LogP contribution in [0.4, 0.5) is 4.39 Å². The number of benzene rings is 1. The number of sulfonamides is 1. The number of piperidine rings is 1. The second-order valence-corrected chi connectivity index (χ2v) is 8.81. The summed E-state index contributed by atoms with van der Waals surface area (Å²) in [5, 5.41) is 0.0278. The monoisotopic (exact) mass is 404 g/mol. The standard InChI is InChI=1S/C19H21FN4O3S/c1-23-12-18(22-13-23)28(25,26)24-9-3-2-4-17(24)19-21-11-16(27-19)10-14-5-7-15(20)8-6-14/h5-8,11-13,17H,2-4,9-10H2,1H3. The Morgan fingerprint density at radius 3 is 2.71 bits per heavy atom. The Morgan fingerprint density at radius 2 is 2.00 bits per heavy atom. The van der Waals surface area contributed by atoms with Crippen molar-refractivity contribution < 1.29 is 17.2 Å². The molecule has 1 aliphatic heterocycles. The molecule has 0 radical (unpaired) electrons. The van der Waals surface area contributed by atoms with Crippen LogP contribution in [-0.2, 0) is 23.5 Å². The molecule has 3 aromatic rings. The minimum Gasteiger partial charge on any atom is -0.444 e. The predicted molar refractivity (Wildman–Crippen MR) is 99.4 cm³/mol. The van der Waals surface area contributed by atoms with Crippen molar-refractivity contribution in [1.82, 2.24) is 18.8 Å². The van der Waals surface area contributed by atoms with Crippen molar-refractivity contribution in [2.45, 2.75) is 36.8 Å². The molecule has 0 saturated carbocycles. The van der Waals surface area contributed by atoms with Crippen molar-refractivity contribution in [3.63, 3.8) is 0 Å². The number of hydrogen-bond acceptors (Lipinski definition) is 5. The topological polar surface area (TPSA) is 81.2 Å². The Morgan fingerprint density at radius 1 is 1.21 bits per heavy atom. The normalized spacial score (nSPS) is 18.4. The van der Waals surface area contributed by atoms with Crippen molar-refractivity contribution in [2.24, 2.45) is 7.05 Å². The van der Waals surface area contributed by atoms with E-state index >= 15 is 0 Å². The molecule has 1 saturated heterocycles. The van der Waals surface area contributed by atoms with E-state index in [0.717, 1.165) is 18.4 Å². The lowest BCUT2D eigenvalue weighted by Gasteiger charge is -2.31. The highest BCUT2D eigenvalue weighted by Gasteiger charge is 2.38. The smallest absolute Gasteiger partial charge is 0.262 e. The minimum absolute atomic E-state index is 0.0278. The van der Waals surface area contributed by atoms with E-state index in [2.05, 4.69) is 9.97 Å². The summed E-state index contributed by atoms with van der Waals surface area (Å²) in [7, 11) is -2.00. The van der Waals surface area contributed by atoms with Gasteiger partial charge in [-0.2, -0.15) is 4.31 Å². The summed E-state index contributed by atoms with van der Waals surface area (Å²) in [5.74, 6) is 0.707. The van der Waals surface area contributed by atoms with E-state index in [1.165, 1.54) is 29.0 Å². The Bertz CT molecular complexity index is 1060. The molecule has 0 bridgehead atoms. The van der Waals surface area contributed by atoms with Gasteiger partial charge in [-0.15, -0.1) is 0 Å². The summed E-state index contributed by atoms with van der Waals surface area (Å²) in [6.07, 6.45) is 7.36. The SMILES string of the molecule is Cn1cnc(S(=O)(=O)N2CCCCC2c2ncc(Cc3ccc(F)cc3)o2)c1. The third-order valence-electron chi connectivity index (χ3n) is 4.86. The molecule has 7 nitrogen and oxygen atoms in total. The van der Waals surface area contributed by atoms with E-state index < -0.39 is 16.1 Å². The van der Waals surface area contributed by atoms with Crippen LogP contribution in [0.5, 0.6) is 0 Å². The Balaban J connectivity index is 1.58. The molecule has 0 spiro atoms. The fourth-order valence-corrected chi connectivity index (χ4v) is 5.06. The van der Waals surface area contributed by atoms with E-state index in [1.807, 2.05) is 0 Å². The van der Waals surface area contributed by atoms with Gasteiger partial charge in [-0.1, -0.05) is 18.6 Å². The number of imidazole rings is 1. The van der Waals surface area contributed by atoms with Gasteiger partial charge in [0, 0.05) is 26.2 Å². The zero-order valence-corrected chi connectivity index (χ0v) is 16.3. The molecule has 0 N–H and O–H groups in total. The van der Waals surface area contributed by atoms with Crippen molar-refractivity contribution in [3.8, 4) is 0 Å². The number of oxazole rings is 1. The third kappa shape index (κ3) is 3.72. The lowest BCUT2D eigenvalue weighted by molar-refractivity contribution is 0.216. The van der Waals surface area contributed by atoms with Gasteiger partial charge in [-0.25, -0.2) is 22.8 Å². The van der Waals surface area contributed by atoms with Crippen LogP contribution in [0, 0.1) is 5.82 Å². The van der Waals surface area contributed by atoms with Crippen LogP contribution in [-0.4, -0.2) is 33.8 Å². The van der Waals surface area contributed by atoms with Crippen molar-refractivity contribution in [1.29, 1.82) is 0 Å². The first kappa shape index (κ1) is 18.8. The lowest BCUT2D eigenvalue weighted by atomic mass is 10.1. The first-order valence-corrected chi connectivity index (χ1v) is 10.6. The largest absolute Gasteiger partial charge is 0.444 e. The zero-order chi connectivity index (χ0) is 19.7. The molecule has 0 aliphatic carbocycles. The second kappa shape index (κ2) is 7.48. The third-order valence-corrected chi connectivity index (χ3v) is 6.65. The first-order valence-electron chi connectivity index (χ1n) is 9.12. The van der Waals surface area contributed by atoms with Gasteiger partial charge in [-0.05, 0) is 30.5 Å². The maximum absolute atomic E-state index is 13.1. The number of halogens is 1. The number of aryl methyl sites for hydroxylation is 1. The second-order valence-electron chi connectivity index (χ2n) is 6.97. The summed E-state index contributed by atoms with van der Waals surface area (Å²) < 4.78 is 48.1. The van der Waals surface area contributed by atoms with Crippen LogP contribution in [0.25, 0.3) is 0 Å². The molecule has 0 amide bonds. The summed E-state index contributed by atoms with van der Waals surface area (Å²) in [4.78, 5) is 8.35. The maximum Gasteiger partial charge on any atom is 0.262 e. The minimum atomic E-state index is -3.73. The molecular weight excluding hydrogens is 383 g/mol. The number of nitrogens with zero attached hydrogens (tertiary/aromatic N) is 4. The molecule has 3 heterocycles. The Kier molecular flexibility index (Phi) is 5.03. The summed E-state index contributed by atoms with van der Waals surface area (Å²) in [5.41, 5.74) is 0.894. The van der Waals surface area contributed by atoms with E-state index in [1.54, 1.807) is 29.9 Å². The molecule has 2 aromatic heterocycles. The van der Waals surface area contributed by atoms with Gasteiger partial charge in [0.2, 0.25) is 5.89 Å². The van der Waals surface area contributed by atoms with Crippen molar-refractivity contribution >= 4 is 10.0 Å². The van der Waals surface area contributed by atoms with Crippen molar-refractivity contribution in [2.75, 3.05) is 6.54 Å². The van der Waals surface area contributed by atoms with Crippen LogP contribution in [0.1, 0.15) is 42.5 Å². The molecule has 1 aliphatic rings. The van der Waals surface area contributed by atoms with Gasteiger partial charge < -0.3 is 8.98 Å². The molecule has 1 aromatic carbocycles. The van der Waals surface area contributed by atoms with Crippen LogP contribution >= 0.6 is 0 Å². The van der Waals surface area contributed by atoms with E-state index in [9.17, 15) is 12.8 Å². The van der Waals surface area contributed by atoms with Gasteiger partial charge in [0.05, 0.1) is 12.5 Å². The lowest BCUT2D eigenvalue weighted by Crippen LogP contribution is -2.38.